The van der Waals surface area contributed by atoms with Gasteiger partial charge >= 0.3 is 17.7 Å². The van der Waals surface area contributed by atoms with Crippen LogP contribution in [0.25, 0.3) is 0 Å². The van der Waals surface area contributed by atoms with E-state index in [4.69, 9.17) is 21.1 Å². The standard InChI is InChI=1S/C20H20ClNO7/c1-11(22-10-15(23)12-4-2-6-14(21)9-12)8-13-5-3-7-16-17(13)29-20(28-16,18(24)25)19(26)27/h2-7,9,11,15,22-23H,8,10H2,1H3,(H,24,25)(H,26,27). The van der Waals surface area contributed by atoms with Crippen LogP contribution >= 0.6 is 11.6 Å². The summed E-state index contributed by atoms with van der Waals surface area (Å²) in [6.45, 7) is 2.14. The molecule has 154 valence electrons. The number of aliphatic hydroxyl groups excluding tert-OH is 1. The van der Waals surface area contributed by atoms with Gasteiger partial charge < -0.3 is 30.1 Å². The Hall–Kier alpha value is -2.81. The van der Waals surface area contributed by atoms with E-state index in [1.807, 2.05) is 6.92 Å². The number of halogens is 1. The number of fused-ring (bicyclic) bond motifs is 1. The van der Waals surface area contributed by atoms with E-state index >= 15 is 0 Å². The van der Waals surface area contributed by atoms with E-state index in [-0.39, 0.29) is 24.1 Å². The Balaban J connectivity index is 1.67. The van der Waals surface area contributed by atoms with Crippen molar-refractivity contribution >= 4 is 23.5 Å². The first kappa shape index (κ1) is 20.9. The number of ether oxygens (including phenoxy) is 2. The minimum atomic E-state index is -2.79. The second-order valence-electron chi connectivity index (χ2n) is 6.76. The molecule has 1 aliphatic rings. The summed E-state index contributed by atoms with van der Waals surface area (Å²) in [5, 5.41) is 32.6. The number of benzene rings is 2. The molecule has 29 heavy (non-hydrogen) atoms. The number of carbonyl (C=O) groups is 2. The number of aliphatic carboxylic acids is 2. The van der Waals surface area contributed by atoms with Crippen LogP contribution in [0.5, 0.6) is 11.5 Å². The number of carboxylic acids is 2. The lowest BCUT2D eigenvalue weighted by Gasteiger charge is -2.19. The van der Waals surface area contributed by atoms with Crippen LogP contribution in [0.15, 0.2) is 42.5 Å². The molecule has 2 aromatic rings. The predicted molar refractivity (Wildman–Crippen MR) is 103 cm³/mol. The Bertz CT molecular complexity index is 919. The maximum Gasteiger partial charge on any atom is 0.453 e. The summed E-state index contributed by atoms with van der Waals surface area (Å²) in [7, 11) is 0. The SMILES string of the molecule is CC(Cc1cccc2c1OC(C(=O)O)(C(=O)O)O2)NCC(O)c1cccc(Cl)c1. The minimum absolute atomic E-state index is 0.0541. The Morgan fingerprint density at radius 2 is 1.83 bits per heavy atom. The highest BCUT2D eigenvalue weighted by molar-refractivity contribution is 6.30. The van der Waals surface area contributed by atoms with Gasteiger partial charge in [0.2, 0.25) is 0 Å². The van der Waals surface area contributed by atoms with Gasteiger partial charge in [-0.25, -0.2) is 9.59 Å². The summed E-state index contributed by atoms with van der Waals surface area (Å²) in [5.41, 5.74) is 1.27. The van der Waals surface area contributed by atoms with E-state index in [9.17, 15) is 24.9 Å². The quantitative estimate of drug-likeness (QED) is 0.478. The molecule has 3 rings (SSSR count). The highest BCUT2D eigenvalue weighted by atomic mass is 35.5. The summed E-state index contributed by atoms with van der Waals surface area (Å²) in [6.07, 6.45) is -0.367. The van der Waals surface area contributed by atoms with Gasteiger partial charge in [-0.05, 0) is 42.7 Å². The Labute approximate surface area is 171 Å². The van der Waals surface area contributed by atoms with E-state index < -0.39 is 23.8 Å². The van der Waals surface area contributed by atoms with Crippen LogP contribution in [0.1, 0.15) is 24.2 Å². The molecule has 0 bridgehead atoms. The Morgan fingerprint density at radius 1 is 1.14 bits per heavy atom. The summed E-state index contributed by atoms with van der Waals surface area (Å²) in [6, 6.07) is 11.6. The van der Waals surface area contributed by atoms with Crippen molar-refractivity contribution in [2.45, 2.75) is 31.3 Å². The summed E-state index contributed by atoms with van der Waals surface area (Å²) < 4.78 is 10.4. The van der Waals surface area contributed by atoms with E-state index in [2.05, 4.69) is 5.32 Å². The molecule has 0 aromatic heterocycles. The first-order chi connectivity index (χ1) is 13.7. The summed E-state index contributed by atoms with van der Waals surface area (Å²) >= 11 is 5.94. The lowest BCUT2D eigenvalue weighted by Crippen LogP contribution is -2.54. The molecule has 0 aliphatic carbocycles. The fourth-order valence-electron chi connectivity index (χ4n) is 3.05. The molecule has 9 heteroatoms. The molecule has 4 N–H and O–H groups in total. The van der Waals surface area contributed by atoms with Gasteiger partial charge in [0.05, 0.1) is 6.10 Å². The third kappa shape index (κ3) is 4.29. The second kappa shape index (κ2) is 8.28. The monoisotopic (exact) mass is 421 g/mol. The van der Waals surface area contributed by atoms with Crippen molar-refractivity contribution in [1.29, 1.82) is 0 Å². The van der Waals surface area contributed by atoms with E-state index in [1.165, 1.54) is 6.07 Å². The number of carboxylic acid groups (broad SMARTS) is 2. The molecular weight excluding hydrogens is 402 g/mol. The first-order valence-electron chi connectivity index (χ1n) is 8.86. The van der Waals surface area contributed by atoms with Crippen molar-refractivity contribution < 1.29 is 34.4 Å². The topological polar surface area (TPSA) is 125 Å². The fraction of sp³-hybridized carbons (Fsp3) is 0.300. The van der Waals surface area contributed by atoms with E-state index in [1.54, 1.807) is 36.4 Å². The van der Waals surface area contributed by atoms with Gasteiger partial charge in [0.25, 0.3) is 0 Å². The van der Waals surface area contributed by atoms with Crippen LogP contribution in [0.2, 0.25) is 5.02 Å². The molecule has 2 atom stereocenters. The maximum atomic E-state index is 11.4. The molecule has 2 unspecified atom stereocenters. The predicted octanol–water partition coefficient (Wildman–Crippen LogP) is 2.23. The summed E-state index contributed by atoms with van der Waals surface area (Å²) in [4.78, 5) is 22.8. The van der Waals surface area contributed by atoms with Crippen LogP contribution in [0.3, 0.4) is 0 Å². The molecule has 0 saturated heterocycles. The smallest absolute Gasteiger partial charge is 0.453 e. The second-order valence-corrected chi connectivity index (χ2v) is 7.20. The van der Waals surface area contributed by atoms with Gasteiger partial charge in [-0.3, -0.25) is 0 Å². The third-order valence-corrected chi connectivity index (χ3v) is 4.78. The zero-order valence-corrected chi connectivity index (χ0v) is 16.2. The van der Waals surface area contributed by atoms with Crippen molar-refractivity contribution in [2.24, 2.45) is 0 Å². The number of rotatable bonds is 8. The van der Waals surface area contributed by atoms with Gasteiger partial charge in [0, 0.05) is 17.6 Å². The van der Waals surface area contributed by atoms with Crippen molar-refractivity contribution in [3.63, 3.8) is 0 Å². The molecule has 0 saturated carbocycles. The average molecular weight is 422 g/mol. The zero-order valence-electron chi connectivity index (χ0n) is 15.5. The molecule has 0 spiro atoms. The fourth-order valence-corrected chi connectivity index (χ4v) is 3.25. The number of hydrogen-bond acceptors (Lipinski definition) is 6. The largest absolute Gasteiger partial charge is 0.475 e. The average Bonchev–Trinajstić information content (AvgIpc) is 3.08. The van der Waals surface area contributed by atoms with Gasteiger partial charge in [-0.1, -0.05) is 35.9 Å². The third-order valence-electron chi connectivity index (χ3n) is 4.54. The Morgan fingerprint density at radius 3 is 2.48 bits per heavy atom. The van der Waals surface area contributed by atoms with Crippen LogP contribution < -0.4 is 14.8 Å². The number of nitrogens with one attached hydrogen (secondary N) is 1. The van der Waals surface area contributed by atoms with Crippen molar-refractivity contribution in [3.05, 3.63) is 58.6 Å². The molecule has 0 radical (unpaired) electrons. The lowest BCUT2D eigenvalue weighted by atomic mass is 10.0. The molecule has 1 heterocycles. The van der Waals surface area contributed by atoms with Crippen LogP contribution in [-0.2, 0) is 16.0 Å². The number of hydrogen-bond donors (Lipinski definition) is 4. The minimum Gasteiger partial charge on any atom is -0.475 e. The van der Waals surface area contributed by atoms with Gasteiger partial charge in [0.1, 0.15) is 0 Å². The van der Waals surface area contributed by atoms with Crippen molar-refractivity contribution in [3.8, 4) is 11.5 Å². The highest BCUT2D eigenvalue weighted by Crippen LogP contribution is 2.42. The van der Waals surface area contributed by atoms with Gasteiger partial charge in [-0.2, -0.15) is 0 Å². The molecule has 0 amide bonds. The highest BCUT2D eigenvalue weighted by Gasteiger charge is 2.58. The van der Waals surface area contributed by atoms with Crippen LogP contribution in [0, 0.1) is 0 Å². The first-order valence-corrected chi connectivity index (χ1v) is 9.24. The maximum absolute atomic E-state index is 11.4. The molecule has 0 fully saturated rings. The van der Waals surface area contributed by atoms with E-state index in [0.29, 0.717) is 22.6 Å². The van der Waals surface area contributed by atoms with Gasteiger partial charge in [0.15, 0.2) is 11.5 Å². The normalized spacial score (nSPS) is 16.2. The van der Waals surface area contributed by atoms with Crippen molar-refractivity contribution in [2.75, 3.05) is 6.54 Å². The Kier molecular flexibility index (Phi) is 5.97. The van der Waals surface area contributed by atoms with Gasteiger partial charge in [-0.15, -0.1) is 0 Å². The molecule has 1 aliphatic heterocycles. The number of aliphatic hydroxyl groups is 1. The molecule has 8 nitrogen and oxygen atoms in total. The van der Waals surface area contributed by atoms with E-state index in [0.717, 1.165) is 0 Å². The number of para-hydroxylation sites is 1. The molecule has 2 aromatic carbocycles. The van der Waals surface area contributed by atoms with Crippen molar-refractivity contribution in [1.82, 2.24) is 5.32 Å². The zero-order chi connectivity index (χ0) is 21.2. The molecular formula is C20H20ClNO7. The van der Waals surface area contributed by atoms with Crippen LogP contribution in [-0.4, -0.2) is 45.6 Å². The summed E-state index contributed by atoms with van der Waals surface area (Å²) in [5.74, 6) is -6.15. The lowest BCUT2D eigenvalue weighted by molar-refractivity contribution is -0.194. The van der Waals surface area contributed by atoms with Crippen LogP contribution in [0.4, 0.5) is 0 Å².